The molecule has 0 aliphatic rings. The van der Waals surface area contributed by atoms with Crippen LogP contribution in [0.4, 0.5) is 0 Å². The maximum absolute atomic E-state index is 12.6. The van der Waals surface area contributed by atoms with Crippen molar-refractivity contribution in [3.63, 3.8) is 0 Å². The highest BCUT2D eigenvalue weighted by atomic mass is 32.1. The topological polar surface area (TPSA) is 68.5 Å². The summed E-state index contributed by atoms with van der Waals surface area (Å²) in [7, 11) is 0. The Morgan fingerprint density at radius 1 is 1.19 bits per heavy atom. The molecule has 0 atom stereocenters. The standard InChI is InChI=1S/C21H19NO4S/c1-15-5-2-6-16(11-15)12-18(19-8-4-10-27-19)21(24)26-14-20(23)22-13-17-7-3-9-25-17/h2-12H,13-14H2,1H3,(H,22,23)/b18-12+. The summed E-state index contributed by atoms with van der Waals surface area (Å²) in [5, 5.41) is 4.54. The van der Waals surface area contributed by atoms with Crippen molar-refractivity contribution in [2.45, 2.75) is 13.5 Å². The molecule has 1 aromatic carbocycles. The van der Waals surface area contributed by atoms with Gasteiger partial charge in [-0.1, -0.05) is 35.9 Å². The molecule has 0 unspecified atom stereocenters. The fraction of sp³-hybridized carbons (Fsp3) is 0.143. The number of benzene rings is 1. The van der Waals surface area contributed by atoms with Crippen LogP contribution < -0.4 is 5.32 Å². The number of furan rings is 1. The van der Waals surface area contributed by atoms with Crippen LogP contribution in [-0.4, -0.2) is 18.5 Å². The summed E-state index contributed by atoms with van der Waals surface area (Å²) < 4.78 is 10.4. The van der Waals surface area contributed by atoms with Crippen molar-refractivity contribution in [1.82, 2.24) is 5.32 Å². The molecular weight excluding hydrogens is 362 g/mol. The Labute approximate surface area is 161 Å². The summed E-state index contributed by atoms with van der Waals surface area (Å²) in [6, 6.07) is 15.0. The van der Waals surface area contributed by atoms with Gasteiger partial charge >= 0.3 is 5.97 Å². The van der Waals surface area contributed by atoms with Crippen molar-refractivity contribution in [2.24, 2.45) is 0 Å². The molecule has 2 aromatic heterocycles. The van der Waals surface area contributed by atoms with Gasteiger partial charge in [0, 0.05) is 4.88 Å². The van der Waals surface area contributed by atoms with Crippen LogP contribution in [0.1, 0.15) is 21.8 Å². The zero-order valence-corrected chi connectivity index (χ0v) is 15.6. The molecule has 0 aliphatic heterocycles. The number of ether oxygens (including phenoxy) is 1. The molecular formula is C21H19NO4S. The van der Waals surface area contributed by atoms with Gasteiger partial charge in [0.05, 0.1) is 18.4 Å². The van der Waals surface area contributed by atoms with Crippen LogP contribution in [0.25, 0.3) is 11.6 Å². The van der Waals surface area contributed by atoms with E-state index in [-0.39, 0.29) is 19.1 Å². The monoisotopic (exact) mass is 381 g/mol. The fourth-order valence-corrected chi connectivity index (χ4v) is 3.18. The SMILES string of the molecule is Cc1cccc(/C=C(/C(=O)OCC(=O)NCc2ccco2)c2cccs2)c1. The lowest BCUT2D eigenvalue weighted by Gasteiger charge is -2.08. The first-order valence-corrected chi connectivity index (χ1v) is 9.28. The molecule has 6 heteroatoms. The van der Waals surface area contributed by atoms with Crippen LogP contribution in [0, 0.1) is 6.92 Å². The molecule has 138 valence electrons. The van der Waals surface area contributed by atoms with Gasteiger partial charge in [0.1, 0.15) is 5.76 Å². The number of nitrogens with one attached hydrogen (secondary N) is 1. The van der Waals surface area contributed by atoms with E-state index in [1.807, 2.05) is 48.7 Å². The second-order valence-electron chi connectivity index (χ2n) is 5.88. The van der Waals surface area contributed by atoms with Gasteiger partial charge in [-0.15, -0.1) is 11.3 Å². The van der Waals surface area contributed by atoms with Crippen molar-refractivity contribution in [3.05, 3.63) is 81.9 Å². The summed E-state index contributed by atoms with van der Waals surface area (Å²) in [6.45, 7) is 1.89. The third kappa shape index (κ3) is 5.43. The van der Waals surface area contributed by atoms with Crippen LogP contribution >= 0.6 is 11.3 Å². The Morgan fingerprint density at radius 2 is 2.07 bits per heavy atom. The van der Waals surface area contributed by atoms with Crippen molar-refractivity contribution in [1.29, 1.82) is 0 Å². The van der Waals surface area contributed by atoms with E-state index in [9.17, 15) is 9.59 Å². The molecule has 27 heavy (non-hydrogen) atoms. The van der Waals surface area contributed by atoms with E-state index < -0.39 is 5.97 Å². The molecule has 1 N–H and O–H groups in total. The van der Waals surface area contributed by atoms with E-state index in [2.05, 4.69) is 5.32 Å². The molecule has 2 heterocycles. The predicted octanol–water partition coefficient (Wildman–Crippen LogP) is 4.05. The number of aryl methyl sites for hydroxylation is 1. The molecule has 0 saturated heterocycles. The lowest BCUT2D eigenvalue weighted by molar-refractivity contribution is -0.142. The highest BCUT2D eigenvalue weighted by Crippen LogP contribution is 2.24. The molecule has 3 rings (SSSR count). The number of carbonyl (C=O) groups is 2. The maximum Gasteiger partial charge on any atom is 0.340 e. The number of thiophene rings is 1. The van der Waals surface area contributed by atoms with Gasteiger partial charge in [-0.2, -0.15) is 0 Å². The summed E-state index contributed by atoms with van der Waals surface area (Å²) >= 11 is 1.44. The lowest BCUT2D eigenvalue weighted by Crippen LogP contribution is -2.28. The number of hydrogen-bond donors (Lipinski definition) is 1. The highest BCUT2D eigenvalue weighted by Gasteiger charge is 2.16. The van der Waals surface area contributed by atoms with Crippen molar-refractivity contribution in [3.8, 4) is 0 Å². The van der Waals surface area contributed by atoms with Crippen molar-refractivity contribution >= 4 is 34.9 Å². The average molecular weight is 381 g/mol. The quantitative estimate of drug-likeness (QED) is 0.495. The van der Waals surface area contributed by atoms with Crippen LogP contribution in [0.2, 0.25) is 0 Å². The minimum absolute atomic E-state index is 0.250. The maximum atomic E-state index is 12.6. The highest BCUT2D eigenvalue weighted by molar-refractivity contribution is 7.11. The van der Waals surface area contributed by atoms with Crippen molar-refractivity contribution < 1.29 is 18.7 Å². The zero-order valence-electron chi connectivity index (χ0n) is 14.8. The first-order chi connectivity index (χ1) is 13.1. The minimum atomic E-state index is -0.535. The third-order valence-corrected chi connectivity index (χ3v) is 4.64. The number of esters is 1. The van der Waals surface area contributed by atoms with Gasteiger partial charge in [0.25, 0.3) is 5.91 Å². The first-order valence-electron chi connectivity index (χ1n) is 8.40. The molecule has 0 spiro atoms. The summed E-state index contributed by atoms with van der Waals surface area (Å²) in [6.07, 6.45) is 3.31. The molecule has 0 fully saturated rings. The molecule has 0 radical (unpaired) electrons. The van der Waals surface area contributed by atoms with Crippen LogP contribution in [-0.2, 0) is 20.9 Å². The van der Waals surface area contributed by atoms with Crippen LogP contribution in [0.15, 0.2) is 64.6 Å². The molecule has 0 bridgehead atoms. The fourth-order valence-electron chi connectivity index (χ4n) is 2.45. The van der Waals surface area contributed by atoms with Crippen molar-refractivity contribution in [2.75, 3.05) is 6.61 Å². The van der Waals surface area contributed by atoms with E-state index in [4.69, 9.17) is 9.15 Å². The van der Waals surface area contributed by atoms with E-state index >= 15 is 0 Å². The second kappa shape index (κ2) is 9.00. The van der Waals surface area contributed by atoms with Crippen LogP contribution in [0.3, 0.4) is 0 Å². The van der Waals surface area contributed by atoms with Gasteiger partial charge in [-0.25, -0.2) is 4.79 Å². The smallest absolute Gasteiger partial charge is 0.340 e. The van der Waals surface area contributed by atoms with Gasteiger partial charge < -0.3 is 14.5 Å². The Morgan fingerprint density at radius 3 is 2.78 bits per heavy atom. The predicted molar refractivity (Wildman–Crippen MR) is 105 cm³/mol. The Bertz CT molecular complexity index is 927. The normalized spacial score (nSPS) is 11.2. The Hall–Kier alpha value is -3.12. The molecule has 0 aliphatic carbocycles. The average Bonchev–Trinajstić information content (AvgIpc) is 3.36. The second-order valence-corrected chi connectivity index (χ2v) is 6.83. The Kier molecular flexibility index (Phi) is 6.22. The summed E-state index contributed by atoms with van der Waals surface area (Å²) in [4.78, 5) is 25.3. The molecule has 1 amide bonds. The van der Waals surface area contributed by atoms with E-state index in [0.717, 1.165) is 16.0 Å². The van der Waals surface area contributed by atoms with Gasteiger partial charge in [0.2, 0.25) is 0 Å². The Balaban J connectivity index is 1.65. The van der Waals surface area contributed by atoms with E-state index in [0.29, 0.717) is 11.3 Å². The number of hydrogen-bond acceptors (Lipinski definition) is 5. The largest absolute Gasteiger partial charge is 0.467 e. The third-order valence-electron chi connectivity index (χ3n) is 3.73. The first kappa shape index (κ1) is 18.7. The van der Waals surface area contributed by atoms with Gasteiger partial charge in [-0.3, -0.25) is 4.79 Å². The van der Waals surface area contributed by atoms with Gasteiger partial charge in [-0.05, 0) is 42.1 Å². The number of carbonyl (C=O) groups excluding carboxylic acids is 2. The number of amides is 1. The molecule has 0 saturated carbocycles. The van der Waals surface area contributed by atoms with E-state index in [1.54, 1.807) is 18.2 Å². The number of rotatable bonds is 7. The zero-order chi connectivity index (χ0) is 19.1. The molecule has 5 nitrogen and oxygen atoms in total. The molecule has 3 aromatic rings. The summed E-state index contributed by atoms with van der Waals surface area (Å²) in [5.41, 5.74) is 2.42. The summed E-state index contributed by atoms with van der Waals surface area (Å²) in [5.74, 6) is -0.291. The minimum Gasteiger partial charge on any atom is -0.467 e. The van der Waals surface area contributed by atoms with Gasteiger partial charge in [0.15, 0.2) is 6.61 Å². The lowest BCUT2D eigenvalue weighted by atomic mass is 10.1. The van der Waals surface area contributed by atoms with E-state index in [1.165, 1.54) is 17.6 Å². The van der Waals surface area contributed by atoms with Crippen LogP contribution in [0.5, 0.6) is 0 Å².